The molecule has 1 amide bonds. The standard InChI is InChI=1S/C15H22N4O/c1-11-9-18-13(10-17-11)15(20)19-8-3-2-6-14(19)12-5-4-7-16-12/h9-10,12,14,16H,2-8H2,1H3. The number of hydrogen-bond acceptors (Lipinski definition) is 4. The highest BCUT2D eigenvalue weighted by Gasteiger charge is 2.34. The first-order chi connectivity index (χ1) is 9.75. The number of nitrogens with one attached hydrogen (secondary N) is 1. The van der Waals surface area contributed by atoms with Crippen molar-refractivity contribution < 1.29 is 4.79 Å². The summed E-state index contributed by atoms with van der Waals surface area (Å²) in [7, 11) is 0. The molecule has 1 aromatic heterocycles. The lowest BCUT2D eigenvalue weighted by molar-refractivity contribution is 0.0557. The Morgan fingerprint density at radius 1 is 1.25 bits per heavy atom. The second-order valence-corrected chi connectivity index (χ2v) is 5.81. The summed E-state index contributed by atoms with van der Waals surface area (Å²) < 4.78 is 0. The van der Waals surface area contributed by atoms with Gasteiger partial charge in [0, 0.05) is 24.8 Å². The van der Waals surface area contributed by atoms with Crippen LogP contribution in [0.3, 0.4) is 0 Å². The van der Waals surface area contributed by atoms with Gasteiger partial charge in [-0.05, 0) is 45.6 Å². The maximum atomic E-state index is 12.7. The van der Waals surface area contributed by atoms with Crippen molar-refractivity contribution in [2.75, 3.05) is 13.1 Å². The van der Waals surface area contributed by atoms with Gasteiger partial charge in [-0.1, -0.05) is 0 Å². The second kappa shape index (κ2) is 5.87. The molecule has 108 valence electrons. The van der Waals surface area contributed by atoms with E-state index in [2.05, 4.69) is 15.3 Å². The first-order valence-corrected chi connectivity index (χ1v) is 7.59. The van der Waals surface area contributed by atoms with E-state index in [1.807, 2.05) is 11.8 Å². The molecule has 2 aliphatic heterocycles. The van der Waals surface area contributed by atoms with Gasteiger partial charge in [0.2, 0.25) is 0 Å². The van der Waals surface area contributed by atoms with E-state index >= 15 is 0 Å². The first kappa shape index (κ1) is 13.5. The van der Waals surface area contributed by atoms with Crippen LogP contribution < -0.4 is 5.32 Å². The van der Waals surface area contributed by atoms with Crippen LogP contribution in [0.25, 0.3) is 0 Å². The Hall–Kier alpha value is -1.49. The topological polar surface area (TPSA) is 58.1 Å². The fourth-order valence-electron chi connectivity index (χ4n) is 3.32. The van der Waals surface area contributed by atoms with Crippen molar-refractivity contribution in [1.82, 2.24) is 20.2 Å². The number of amides is 1. The molecule has 2 aliphatic rings. The van der Waals surface area contributed by atoms with Crippen molar-refractivity contribution >= 4 is 5.91 Å². The third-order valence-electron chi connectivity index (χ3n) is 4.37. The van der Waals surface area contributed by atoms with Gasteiger partial charge in [-0.25, -0.2) is 4.98 Å². The molecule has 5 nitrogen and oxygen atoms in total. The lowest BCUT2D eigenvalue weighted by Gasteiger charge is -2.39. The molecule has 0 bridgehead atoms. The Morgan fingerprint density at radius 3 is 2.85 bits per heavy atom. The van der Waals surface area contributed by atoms with E-state index in [0.717, 1.165) is 31.6 Å². The summed E-state index contributed by atoms with van der Waals surface area (Å²) in [5.74, 6) is 0.0379. The zero-order valence-corrected chi connectivity index (χ0v) is 12.0. The minimum atomic E-state index is 0.0379. The predicted octanol–water partition coefficient (Wildman–Crippen LogP) is 1.53. The van der Waals surface area contributed by atoms with Gasteiger partial charge < -0.3 is 10.2 Å². The minimum Gasteiger partial charge on any atom is -0.333 e. The van der Waals surface area contributed by atoms with E-state index in [-0.39, 0.29) is 5.91 Å². The maximum absolute atomic E-state index is 12.7. The molecule has 2 saturated heterocycles. The van der Waals surface area contributed by atoms with E-state index in [1.54, 1.807) is 12.4 Å². The largest absolute Gasteiger partial charge is 0.333 e. The first-order valence-electron chi connectivity index (χ1n) is 7.59. The van der Waals surface area contributed by atoms with Crippen LogP contribution in [0, 0.1) is 6.92 Å². The summed E-state index contributed by atoms with van der Waals surface area (Å²) in [5.41, 5.74) is 1.31. The summed E-state index contributed by atoms with van der Waals surface area (Å²) >= 11 is 0. The van der Waals surface area contributed by atoms with E-state index in [0.29, 0.717) is 17.8 Å². The van der Waals surface area contributed by atoms with Crippen molar-refractivity contribution in [3.8, 4) is 0 Å². The number of likely N-dealkylation sites (tertiary alicyclic amines) is 1. The molecule has 2 atom stereocenters. The normalized spacial score (nSPS) is 26.8. The Labute approximate surface area is 119 Å². The van der Waals surface area contributed by atoms with Gasteiger partial charge in [0.1, 0.15) is 5.69 Å². The molecule has 1 aromatic rings. The number of carbonyl (C=O) groups excluding carboxylic acids is 1. The highest BCUT2D eigenvalue weighted by molar-refractivity contribution is 5.92. The van der Waals surface area contributed by atoms with Crippen LogP contribution in [0.15, 0.2) is 12.4 Å². The monoisotopic (exact) mass is 274 g/mol. The Bertz CT molecular complexity index is 467. The number of aryl methyl sites for hydroxylation is 1. The minimum absolute atomic E-state index is 0.0379. The second-order valence-electron chi connectivity index (χ2n) is 5.81. The fourth-order valence-corrected chi connectivity index (χ4v) is 3.32. The number of rotatable bonds is 2. The molecule has 3 rings (SSSR count). The Kier molecular flexibility index (Phi) is 3.96. The number of nitrogens with zero attached hydrogens (tertiary/aromatic N) is 3. The van der Waals surface area contributed by atoms with E-state index in [9.17, 15) is 4.79 Å². The molecule has 0 spiro atoms. The van der Waals surface area contributed by atoms with Crippen molar-refractivity contribution in [3.05, 3.63) is 23.8 Å². The van der Waals surface area contributed by atoms with Crippen molar-refractivity contribution in [1.29, 1.82) is 0 Å². The SMILES string of the molecule is Cc1cnc(C(=O)N2CCCCC2C2CCCN2)cn1. The highest BCUT2D eigenvalue weighted by Crippen LogP contribution is 2.25. The number of aromatic nitrogens is 2. The lowest BCUT2D eigenvalue weighted by atomic mass is 9.94. The van der Waals surface area contributed by atoms with Crippen LogP contribution in [0.5, 0.6) is 0 Å². The Balaban J connectivity index is 1.78. The third kappa shape index (κ3) is 2.68. The van der Waals surface area contributed by atoms with Gasteiger partial charge in [0.05, 0.1) is 11.9 Å². The van der Waals surface area contributed by atoms with E-state index in [4.69, 9.17) is 0 Å². The summed E-state index contributed by atoms with van der Waals surface area (Å²) in [5, 5.41) is 3.54. The van der Waals surface area contributed by atoms with Crippen LogP contribution in [-0.2, 0) is 0 Å². The van der Waals surface area contributed by atoms with Crippen LogP contribution in [0.4, 0.5) is 0 Å². The molecule has 3 heterocycles. The van der Waals surface area contributed by atoms with Crippen molar-refractivity contribution in [3.63, 3.8) is 0 Å². The molecule has 0 radical (unpaired) electrons. The average Bonchev–Trinajstić information content (AvgIpc) is 3.01. The van der Waals surface area contributed by atoms with Gasteiger partial charge >= 0.3 is 0 Å². The van der Waals surface area contributed by atoms with Gasteiger partial charge in [-0.15, -0.1) is 0 Å². The summed E-state index contributed by atoms with van der Waals surface area (Å²) in [4.78, 5) is 23.1. The zero-order valence-electron chi connectivity index (χ0n) is 12.0. The molecular weight excluding hydrogens is 252 g/mol. The number of hydrogen-bond donors (Lipinski definition) is 1. The summed E-state index contributed by atoms with van der Waals surface area (Å²) in [6.45, 7) is 3.80. The zero-order chi connectivity index (χ0) is 13.9. The van der Waals surface area contributed by atoms with Crippen molar-refractivity contribution in [2.45, 2.75) is 51.1 Å². The van der Waals surface area contributed by atoms with Crippen LogP contribution >= 0.6 is 0 Å². The molecular formula is C15H22N4O. The van der Waals surface area contributed by atoms with Gasteiger partial charge in [0.25, 0.3) is 5.91 Å². The fraction of sp³-hybridized carbons (Fsp3) is 0.667. The van der Waals surface area contributed by atoms with Gasteiger partial charge in [-0.3, -0.25) is 9.78 Å². The molecule has 1 N–H and O–H groups in total. The lowest BCUT2D eigenvalue weighted by Crippen LogP contribution is -2.52. The smallest absolute Gasteiger partial charge is 0.274 e. The maximum Gasteiger partial charge on any atom is 0.274 e. The molecule has 0 aliphatic carbocycles. The molecule has 5 heteroatoms. The third-order valence-corrected chi connectivity index (χ3v) is 4.37. The Morgan fingerprint density at radius 2 is 2.15 bits per heavy atom. The van der Waals surface area contributed by atoms with E-state index < -0.39 is 0 Å². The molecule has 0 saturated carbocycles. The average molecular weight is 274 g/mol. The summed E-state index contributed by atoms with van der Waals surface area (Å²) in [6.07, 6.45) is 9.07. The quantitative estimate of drug-likeness (QED) is 0.888. The van der Waals surface area contributed by atoms with Crippen LogP contribution in [0.2, 0.25) is 0 Å². The summed E-state index contributed by atoms with van der Waals surface area (Å²) in [6, 6.07) is 0.777. The molecule has 20 heavy (non-hydrogen) atoms. The highest BCUT2D eigenvalue weighted by atomic mass is 16.2. The van der Waals surface area contributed by atoms with Crippen molar-refractivity contribution in [2.24, 2.45) is 0 Å². The number of carbonyl (C=O) groups is 1. The molecule has 0 aromatic carbocycles. The molecule has 2 unspecified atom stereocenters. The van der Waals surface area contributed by atoms with E-state index in [1.165, 1.54) is 19.3 Å². The van der Waals surface area contributed by atoms with Crippen LogP contribution in [-0.4, -0.2) is 45.9 Å². The predicted molar refractivity (Wildman–Crippen MR) is 76.5 cm³/mol. The van der Waals surface area contributed by atoms with Gasteiger partial charge in [-0.2, -0.15) is 0 Å². The molecule has 2 fully saturated rings. The number of piperidine rings is 1. The van der Waals surface area contributed by atoms with Gasteiger partial charge in [0.15, 0.2) is 0 Å². The van der Waals surface area contributed by atoms with Crippen LogP contribution in [0.1, 0.15) is 48.3 Å².